The lowest BCUT2D eigenvalue weighted by molar-refractivity contribution is -0.0119. The van der Waals surface area contributed by atoms with Crippen molar-refractivity contribution in [1.29, 1.82) is 0 Å². The molecule has 2 fully saturated rings. The largest absolute Gasteiger partial charge is 0.383 e. The van der Waals surface area contributed by atoms with Gasteiger partial charge in [-0.15, -0.1) is 11.3 Å². The molecule has 3 aromatic rings. The van der Waals surface area contributed by atoms with Crippen molar-refractivity contribution in [2.75, 3.05) is 49.2 Å². The number of fused-ring (bicyclic) bond motifs is 1. The molecule has 9 heteroatoms. The monoisotopic (exact) mass is 443 g/mol. The first-order valence-electron chi connectivity index (χ1n) is 10.7. The van der Waals surface area contributed by atoms with Crippen LogP contribution in [0.5, 0.6) is 0 Å². The Hall–Kier alpha value is -2.36. The lowest BCUT2D eigenvalue weighted by Gasteiger charge is -2.40. The van der Waals surface area contributed by atoms with Gasteiger partial charge < -0.3 is 19.6 Å². The number of hydrogen-bond donors (Lipinski definition) is 1. The van der Waals surface area contributed by atoms with Gasteiger partial charge in [-0.2, -0.15) is 0 Å². The number of morpholine rings is 1. The van der Waals surface area contributed by atoms with Gasteiger partial charge in [-0.25, -0.2) is 19.3 Å². The van der Waals surface area contributed by atoms with Gasteiger partial charge in [0.25, 0.3) is 0 Å². The molecule has 0 radical (unpaired) electrons. The summed E-state index contributed by atoms with van der Waals surface area (Å²) < 4.78 is 20.5. The fraction of sp³-hybridized carbons (Fsp3) is 0.500. The molecule has 7 nitrogen and oxygen atoms in total. The number of rotatable bonds is 4. The fourth-order valence-electron chi connectivity index (χ4n) is 4.63. The molecule has 31 heavy (non-hydrogen) atoms. The summed E-state index contributed by atoms with van der Waals surface area (Å²) in [5.41, 5.74) is 0.273. The van der Waals surface area contributed by atoms with Gasteiger partial charge >= 0.3 is 0 Å². The molecule has 1 N–H and O–H groups in total. The fourth-order valence-corrected chi connectivity index (χ4v) is 5.40. The van der Waals surface area contributed by atoms with Gasteiger partial charge in [0.2, 0.25) is 0 Å². The van der Waals surface area contributed by atoms with Crippen LogP contribution >= 0.6 is 11.3 Å². The number of aromatic nitrogens is 3. The van der Waals surface area contributed by atoms with E-state index >= 15 is 4.39 Å². The third-order valence-corrected chi connectivity index (χ3v) is 7.42. The highest BCUT2D eigenvalue weighted by Gasteiger charge is 2.39. The second-order valence-corrected chi connectivity index (χ2v) is 9.28. The predicted molar refractivity (Wildman–Crippen MR) is 119 cm³/mol. The number of aliphatic hydroxyl groups is 1. The van der Waals surface area contributed by atoms with E-state index in [9.17, 15) is 5.11 Å². The van der Waals surface area contributed by atoms with Gasteiger partial charge in [0, 0.05) is 49.1 Å². The maximum absolute atomic E-state index is 15.1. The highest BCUT2D eigenvalue weighted by atomic mass is 32.1. The lowest BCUT2D eigenvalue weighted by Crippen LogP contribution is -2.45. The Kier molecular flexibility index (Phi) is 5.49. The van der Waals surface area contributed by atoms with Crippen LogP contribution in [0.1, 0.15) is 24.8 Å². The molecule has 5 rings (SSSR count). The summed E-state index contributed by atoms with van der Waals surface area (Å²) in [5, 5.41) is 14.5. The van der Waals surface area contributed by atoms with Crippen LogP contribution in [0.4, 0.5) is 15.9 Å². The standard InChI is InChI=1S/C22H26FN5O2S/c1-22(29,21-24-4-10-31-21)15-3-2-5-28(13-15)20-16-11-17(23)19(12-18(16)25-14-26-20)27-6-8-30-9-7-27/h4,10-12,14-15,29H,2-3,5-9,13H2,1H3. The summed E-state index contributed by atoms with van der Waals surface area (Å²) in [6.07, 6.45) is 5.09. The molecule has 2 aliphatic heterocycles. The number of nitrogens with zero attached hydrogens (tertiary/aromatic N) is 5. The minimum absolute atomic E-state index is 0.00915. The van der Waals surface area contributed by atoms with Crippen molar-refractivity contribution in [2.45, 2.75) is 25.4 Å². The van der Waals surface area contributed by atoms with Crippen molar-refractivity contribution < 1.29 is 14.2 Å². The van der Waals surface area contributed by atoms with E-state index in [1.807, 2.05) is 23.3 Å². The molecular formula is C22H26FN5O2S. The van der Waals surface area contributed by atoms with Crippen molar-refractivity contribution in [3.8, 4) is 0 Å². The van der Waals surface area contributed by atoms with Crippen LogP contribution in [0.3, 0.4) is 0 Å². The van der Waals surface area contributed by atoms with Crippen LogP contribution in [0.25, 0.3) is 10.9 Å². The van der Waals surface area contributed by atoms with Crippen LogP contribution in [-0.4, -0.2) is 59.5 Å². The minimum atomic E-state index is -1.01. The number of anilines is 2. The Morgan fingerprint density at radius 1 is 1.16 bits per heavy atom. The molecule has 0 spiro atoms. The van der Waals surface area contributed by atoms with E-state index in [-0.39, 0.29) is 11.7 Å². The number of piperidine rings is 1. The maximum Gasteiger partial charge on any atom is 0.147 e. The van der Waals surface area contributed by atoms with Gasteiger partial charge in [-0.05, 0) is 31.9 Å². The van der Waals surface area contributed by atoms with Crippen LogP contribution in [0.15, 0.2) is 30.0 Å². The molecular weight excluding hydrogens is 417 g/mol. The van der Waals surface area contributed by atoms with Crippen LogP contribution < -0.4 is 9.80 Å². The van der Waals surface area contributed by atoms with Gasteiger partial charge in [-0.1, -0.05) is 0 Å². The van der Waals surface area contributed by atoms with Gasteiger partial charge in [0.1, 0.15) is 28.6 Å². The molecule has 0 amide bonds. The summed E-state index contributed by atoms with van der Waals surface area (Å²) in [4.78, 5) is 17.4. The Labute approximate surface area is 184 Å². The van der Waals surface area contributed by atoms with E-state index in [2.05, 4.69) is 19.9 Å². The first kappa shape index (κ1) is 20.5. The summed E-state index contributed by atoms with van der Waals surface area (Å²) in [7, 11) is 0. The highest BCUT2D eigenvalue weighted by Crippen LogP contribution is 2.38. The zero-order valence-corrected chi connectivity index (χ0v) is 18.3. The first-order chi connectivity index (χ1) is 15.0. The summed E-state index contributed by atoms with van der Waals surface area (Å²) >= 11 is 1.47. The molecule has 0 bridgehead atoms. The maximum atomic E-state index is 15.1. The smallest absolute Gasteiger partial charge is 0.147 e. The van der Waals surface area contributed by atoms with E-state index in [4.69, 9.17) is 4.74 Å². The van der Waals surface area contributed by atoms with Gasteiger partial charge in [0.15, 0.2) is 0 Å². The van der Waals surface area contributed by atoms with Crippen molar-refractivity contribution in [1.82, 2.24) is 15.0 Å². The number of benzene rings is 1. The third kappa shape index (κ3) is 3.86. The zero-order chi connectivity index (χ0) is 21.4. The Bertz CT molecular complexity index is 1060. The molecule has 2 atom stereocenters. The topological polar surface area (TPSA) is 74.6 Å². The molecule has 2 saturated heterocycles. The Morgan fingerprint density at radius 2 is 2.00 bits per heavy atom. The second-order valence-electron chi connectivity index (χ2n) is 8.39. The summed E-state index contributed by atoms with van der Waals surface area (Å²) in [6.45, 7) is 5.81. The van der Waals surface area contributed by atoms with Crippen molar-refractivity contribution in [2.24, 2.45) is 5.92 Å². The average molecular weight is 444 g/mol. The van der Waals surface area contributed by atoms with E-state index < -0.39 is 5.60 Å². The number of ether oxygens (including phenoxy) is 1. The van der Waals surface area contributed by atoms with Crippen molar-refractivity contribution >= 4 is 33.7 Å². The van der Waals surface area contributed by atoms with Crippen molar-refractivity contribution in [3.63, 3.8) is 0 Å². The van der Waals surface area contributed by atoms with Crippen molar-refractivity contribution in [3.05, 3.63) is 40.9 Å². The molecule has 164 valence electrons. The molecule has 0 saturated carbocycles. The van der Waals surface area contributed by atoms with Crippen LogP contribution in [-0.2, 0) is 10.3 Å². The molecule has 1 aromatic carbocycles. The third-order valence-electron chi connectivity index (χ3n) is 6.42. The molecule has 2 aromatic heterocycles. The van der Waals surface area contributed by atoms with Crippen LogP contribution in [0, 0.1) is 11.7 Å². The minimum Gasteiger partial charge on any atom is -0.383 e. The van der Waals surface area contributed by atoms with Crippen LogP contribution in [0.2, 0.25) is 0 Å². The predicted octanol–water partition coefficient (Wildman–Crippen LogP) is 3.19. The quantitative estimate of drug-likeness (QED) is 0.664. The molecule has 2 unspecified atom stereocenters. The van der Waals surface area contributed by atoms with Gasteiger partial charge in [-0.3, -0.25) is 0 Å². The first-order valence-corrected chi connectivity index (χ1v) is 11.6. The van der Waals surface area contributed by atoms with E-state index in [0.717, 1.165) is 35.7 Å². The lowest BCUT2D eigenvalue weighted by atomic mass is 9.83. The molecule has 0 aliphatic carbocycles. The number of halogens is 1. The highest BCUT2D eigenvalue weighted by molar-refractivity contribution is 7.09. The Morgan fingerprint density at radius 3 is 2.77 bits per heavy atom. The summed E-state index contributed by atoms with van der Waals surface area (Å²) in [6, 6.07) is 3.37. The van der Waals surface area contributed by atoms with Gasteiger partial charge in [0.05, 0.1) is 24.4 Å². The molecule has 2 aliphatic rings. The van der Waals surface area contributed by atoms with E-state index in [1.54, 1.807) is 18.6 Å². The normalized spacial score (nSPS) is 22.0. The SMILES string of the molecule is CC(O)(c1nccs1)C1CCCN(c2ncnc3cc(N4CCOCC4)c(F)cc23)C1. The second kappa shape index (κ2) is 8.29. The summed E-state index contributed by atoms with van der Waals surface area (Å²) in [5.74, 6) is 0.459. The number of hydrogen-bond acceptors (Lipinski definition) is 8. The zero-order valence-electron chi connectivity index (χ0n) is 17.5. The average Bonchev–Trinajstić information content (AvgIpc) is 3.35. The van der Waals surface area contributed by atoms with E-state index in [0.29, 0.717) is 43.9 Å². The van der Waals surface area contributed by atoms with E-state index in [1.165, 1.54) is 11.3 Å². The number of thiazole rings is 1. The molecule has 4 heterocycles. The Balaban J connectivity index is 1.46.